The van der Waals surface area contributed by atoms with Crippen molar-refractivity contribution < 1.29 is 4.74 Å². The summed E-state index contributed by atoms with van der Waals surface area (Å²) in [5.74, 6) is 1.56. The van der Waals surface area contributed by atoms with E-state index in [0.29, 0.717) is 12.0 Å². The van der Waals surface area contributed by atoms with E-state index in [1.54, 1.807) is 19.5 Å². The largest absolute Gasteiger partial charge is 0.381 e. The minimum atomic E-state index is 0.447. The Kier molecular flexibility index (Phi) is 3.22. The zero-order valence-electron chi connectivity index (χ0n) is 10.1. The number of aromatic nitrogens is 3. The Morgan fingerprint density at radius 3 is 3.17 bits per heavy atom. The van der Waals surface area contributed by atoms with Crippen LogP contribution in [0.25, 0.3) is 5.52 Å². The first-order valence-corrected chi connectivity index (χ1v) is 6.81. The van der Waals surface area contributed by atoms with E-state index in [0.717, 1.165) is 35.2 Å². The minimum Gasteiger partial charge on any atom is -0.381 e. The van der Waals surface area contributed by atoms with Crippen molar-refractivity contribution >= 4 is 27.3 Å². The molecule has 6 heteroatoms. The number of hydrogen-bond donors (Lipinski definition) is 1. The van der Waals surface area contributed by atoms with Gasteiger partial charge in [0.1, 0.15) is 5.52 Å². The van der Waals surface area contributed by atoms with Crippen LogP contribution in [0.15, 0.2) is 23.1 Å². The van der Waals surface area contributed by atoms with Crippen molar-refractivity contribution in [2.45, 2.75) is 18.9 Å². The molecule has 18 heavy (non-hydrogen) atoms. The van der Waals surface area contributed by atoms with Gasteiger partial charge >= 0.3 is 0 Å². The second-order valence-corrected chi connectivity index (χ2v) is 5.49. The van der Waals surface area contributed by atoms with Crippen LogP contribution in [0, 0.1) is 5.92 Å². The molecule has 1 aliphatic carbocycles. The van der Waals surface area contributed by atoms with Gasteiger partial charge in [-0.1, -0.05) is 0 Å². The van der Waals surface area contributed by atoms with Crippen molar-refractivity contribution in [2.75, 3.05) is 19.0 Å². The van der Waals surface area contributed by atoms with Crippen molar-refractivity contribution in [2.24, 2.45) is 5.92 Å². The molecule has 0 amide bonds. The van der Waals surface area contributed by atoms with Crippen LogP contribution in [0.5, 0.6) is 0 Å². The average molecular weight is 311 g/mol. The van der Waals surface area contributed by atoms with Gasteiger partial charge in [-0.3, -0.25) is 0 Å². The van der Waals surface area contributed by atoms with Crippen molar-refractivity contribution in [3.63, 3.8) is 0 Å². The fraction of sp³-hybridized carbons (Fsp3) is 0.500. The average Bonchev–Trinajstić information content (AvgIpc) is 2.70. The molecule has 0 saturated heterocycles. The molecule has 0 atom stereocenters. The molecule has 0 bridgehead atoms. The molecule has 0 aromatic carbocycles. The maximum atomic E-state index is 5.28. The zero-order valence-corrected chi connectivity index (χ0v) is 11.7. The lowest BCUT2D eigenvalue weighted by molar-refractivity contribution is 0.00562. The predicted molar refractivity (Wildman–Crippen MR) is 72.7 cm³/mol. The summed E-state index contributed by atoms with van der Waals surface area (Å²) in [6.45, 7) is 0.935. The normalized spacial score (nSPS) is 23.0. The van der Waals surface area contributed by atoms with E-state index in [1.807, 2.05) is 10.7 Å². The molecule has 2 heterocycles. The lowest BCUT2D eigenvalue weighted by Crippen LogP contribution is -2.34. The van der Waals surface area contributed by atoms with Crippen molar-refractivity contribution in [1.82, 2.24) is 14.6 Å². The molecule has 0 spiro atoms. The number of methoxy groups -OCH3 is 1. The molecule has 0 aliphatic heterocycles. The highest BCUT2D eigenvalue weighted by molar-refractivity contribution is 9.10. The molecule has 2 aromatic rings. The van der Waals surface area contributed by atoms with Crippen LogP contribution in [0.3, 0.4) is 0 Å². The van der Waals surface area contributed by atoms with Crippen LogP contribution < -0.4 is 5.32 Å². The fourth-order valence-corrected chi connectivity index (χ4v) is 2.77. The van der Waals surface area contributed by atoms with Gasteiger partial charge in [0.25, 0.3) is 0 Å². The third kappa shape index (κ3) is 2.10. The van der Waals surface area contributed by atoms with Gasteiger partial charge in [0.2, 0.25) is 0 Å². The molecule has 3 rings (SSSR count). The number of ether oxygens (including phenoxy) is 1. The van der Waals surface area contributed by atoms with Gasteiger partial charge in [0.05, 0.1) is 16.8 Å². The van der Waals surface area contributed by atoms with Crippen LogP contribution in [0.4, 0.5) is 5.82 Å². The maximum Gasteiger partial charge on any atom is 0.153 e. The molecule has 1 saturated carbocycles. The van der Waals surface area contributed by atoms with E-state index in [1.165, 1.54) is 0 Å². The Bertz CT molecular complexity index is 550. The highest BCUT2D eigenvalue weighted by Crippen LogP contribution is 2.30. The Morgan fingerprint density at radius 1 is 1.56 bits per heavy atom. The molecule has 0 unspecified atom stereocenters. The number of rotatable bonds is 4. The first-order chi connectivity index (χ1) is 8.78. The van der Waals surface area contributed by atoms with Crippen LogP contribution >= 0.6 is 15.9 Å². The van der Waals surface area contributed by atoms with E-state index in [2.05, 4.69) is 31.3 Å². The second-order valence-electron chi connectivity index (χ2n) is 4.64. The highest BCUT2D eigenvalue weighted by atomic mass is 79.9. The molecular weight excluding hydrogens is 296 g/mol. The number of nitrogens with one attached hydrogen (secondary N) is 1. The number of nitrogens with zero attached hydrogens (tertiary/aromatic N) is 3. The Balaban J connectivity index is 1.69. The van der Waals surface area contributed by atoms with E-state index in [4.69, 9.17) is 4.74 Å². The third-order valence-corrected chi connectivity index (χ3v) is 4.05. The summed E-state index contributed by atoms with van der Waals surface area (Å²) in [6.07, 6.45) is 8.10. The Morgan fingerprint density at radius 2 is 2.39 bits per heavy atom. The molecule has 1 fully saturated rings. The third-order valence-electron chi connectivity index (χ3n) is 3.47. The highest BCUT2D eigenvalue weighted by Gasteiger charge is 2.28. The van der Waals surface area contributed by atoms with Crippen molar-refractivity contribution in [3.05, 3.63) is 23.1 Å². The second kappa shape index (κ2) is 4.85. The molecule has 2 aromatic heterocycles. The first-order valence-electron chi connectivity index (χ1n) is 6.02. The minimum absolute atomic E-state index is 0.447. The summed E-state index contributed by atoms with van der Waals surface area (Å²) in [5, 5.41) is 7.64. The monoisotopic (exact) mass is 310 g/mol. The zero-order chi connectivity index (χ0) is 12.5. The van der Waals surface area contributed by atoms with E-state index in [-0.39, 0.29) is 0 Å². The SMILES string of the molecule is COC1CC(CNc2nccn3ncc(Br)c23)C1. The summed E-state index contributed by atoms with van der Waals surface area (Å²) >= 11 is 3.49. The number of hydrogen-bond acceptors (Lipinski definition) is 4. The van der Waals surface area contributed by atoms with Crippen molar-refractivity contribution in [1.29, 1.82) is 0 Å². The van der Waals surface area contributed by atoms with Crippen LogP contribution in [-0.4, -0.2) is 34.4 Å². The van der Waals surface area contributed by atoms with Crippen LogP contribution in [0.1, 0.15) is 12.8 Å². The maximum absolute atomic E-state index is 5.28. The fourth-order valence-electron chi connectivity index (χ4n) is 2.31. The first kappa shape index (κ1) is 11.9. The van der Waals surface area contributed by atoms with Crippen LogP contribution in [-0.2, 0) is 4.74 Å². The molecule has 0 radical (unpaired) electrons. The van der Waals surface area contributed by atoms with E-state index < -0.39 is 0 Å². The van der Waals surface area contributed by atoms with Gasteiger partial charge in [0, 0.05) is 26.0 Å². The number of fused-ring (bicyclic) bond motifs is 1. The van der Waals surface area contributed by atoms with Crippen LogP contribution in [0.2, 0.25) is 0 Å². The lowest BCUT2D eigenvalue weighted by Gasteiger charge is -2.34. The molecule has 1 N–H and O–H groups in total. The quantitative estimate of drug-likeness (QED) is 0.941. The van der Waals surface area contributed by atoms with E-state index in [9.17, 15) is 0 Å². The molecular formula is C12H15BrN4O. The summed E-state index contributed by atoms with van der Waals surface area (Å²) < 4.78 is 8.06. The van der Waals surface area contributed by atoms with Crippen molar-refractivity contribution in [3.8, 4) is 0 Å². The van der Waals surface area contributed by atoms with Gasteiger partial charge in [-0.25, -0.2) is 9.50 Å². The molecule has 5 nitrogen and oxygen atoms in total. The molecule has 1 aliphatic rings. The standard InChI is InChI=1S/C12H15BrN4O/c1-18-9-4-8(5-9)6-15-12-11-10(13)7-16-17(11)3-2-14-12/h2-3,7-9H,4-6H2,1H3,(H,14,15). The van der Waals surface area contributed by atoms with E-state index >= 15 is 0 Å². The number of anilines is 1. The predicted octanol–water partition coefficient (Wildman–Crippen LogP) is 2.33. The summed E-state index contributed by atoms with van der Waals surface area (Å²) in [5.41, 5.74) is 0.986. The lowest BCUT2D eigenvalue weighted by atomic mass is 9.82. The van der Waals surface area contributed by atoms with Gasteiger partial charge in [-0.2, -0.15) is 5.10 Å². The van der Waals surface area contributed by atoms with Gasteiger partial charge in [-0.15, -0.1) is 0 Å². The smallest absolute Gasteiger partial charge is 0.153 e. The number of halogens is 1. The van der Waals surface area contributed by atoms with Gasteiger partial charge in [0.15, 0.2) is 5.82 Å². The summed E-state index contributed by atoms with van der Waals surface area (Å²) in [4.78, 5) is 4.38. The van der Waals surface area contributed by atoms with Gasteiger partial charge < -0.3 is 10.1 Å². The summed E-state index contributed by atoms with van der Waals surface area (Å²) in [6, 6.07) is 0. The Hall–Kier alpha value is -1.14. The topological polar surface area (TPSA) is 51.5 Å². The molecule has 96 valence electrons. The Labute approximate surface area is 114 Å². The van der Waals surface area contributed by atoms with Gasteiger partial charge in [-0.05, 0) is 34.7 Å². The summed E-state index contributed by atoms with van der Waals surface area (Å²) in [7, 11) is 1.78.